The summed E-state index contributed by atoms with van der Waals surface area (Å²) in [5.41, 5.74) is 6.01. The molecule has 1 amide bonds. The lowest BCUT2D eigenvalue weighted by Crippen LogP contribution is -2.36. The molecule has 1 N–H and O–H groups in total. The van der Waals surface area contributed by atoms with E-state index in [1.165, 1.54) is 5.39 Å². The summed E-state index contributed by atoms with van der Waals surface area (Å²) >= 11 is 0. The highest BCUT2D eigenvalue weighted by molar-refractivity contribution is 6.11. The number of aromatic amines is 1. The molecule has 6 rings (SSSR count). The quantitative estimate of drug-likeness (QED) is 0.330. The third-order valence-electron chi connectivity index (χ3n) is 6.41. The van der Waals surface area contributed by atoms with Gasteiger partial charge in [0, 0.05) is 33.3 Å². The summed E-state index contributed by atoms with van der Waals surface area (Å²) in [6.45, 7) is 2.09. The first-order chi connectivity index (χ1) is 15.7. The molecule has 1 aliphatic rings. The van der Waals surface area contributed by atoms with Gasteiger partial charge in [0.2, 0.25) is 0 Å². The number of hydrogen-bond donors (Lipinski definition) is 1. The number of benzene rings is 4. The van der Waals surface area contributed by atoms with Gasteiger partial charge >= 0.3 is 0 Å². The predicted molar refractivity (Wildman–Crippen MR) is 132 cm³/mol. The van der Waals surface area contributed by atoms with Crippen molar-refractivity contribution in [2.24, 2.45) is 0 Å². The summed E-state index contributed by atoms with van der Waals surface area (Å²) < 4.78 is 0. The topological polar surface area (TPSA) is 36.1 Å². The van der Waals surface area contributed by atoms with Gasteiger partial charge in [-0.2, -0.15) is 0 Å². The molecule has 4 aromatic carbocycles. The van der Waals surface area contributed by atoms with Crippen molar-refractivity contribution < 1.29 is 4.79 Å². The van der Waals surface area contributed by atoms with Crippen LogP contribution in [0.25, 0.3) is 27.8 Å². The second-order valence-electron chi connectivity index (χ2n) is 8.27. The lowest BCUT2D eigenvalue weighted by molar-refractivity contribution is 0.0980. The lowest BCUT2D eigenvalue weighted by atomic mass is 9.92. The highest BCUT2D eigenvalue weighted by Gasteiger charge is 2.33. The third kappa shape index (κ3) is 2.78. The zero-order valence-electron chi connectivity index (χ0n) is 17.7. The average molecular weight is 415 g/mol. The molecule has 2 heterocycles. The van der Waals surface area contributed by atoms with Gasteiger partial charge in [-0.05, 0) is 42.0 Å². The van der Waals surface area contributed by atoms with Crippen LogP contribution in [0.15, 0.2) is 97.1 Å². The molecule has 1 aliphatic heterocycles. The lowest BCUT2D eigenvalue weighted by Gasteiger charge is -2.35. The molecule has 5 aromatic rings. The van der Waals surface area contributed by atoms with Gasteiger partial charge in [-0.1, -0.05) is 78.9 Å². The van der Waals surface area contributed by atoms with E-state index in [0.717, 1.165) is 38.8 Å². The Morgan fingerprint density at radius 1 is 0.812 bits per heavy atom. The number of carbonyl (C=O) groups excluding carboxylic acids is 1. The van der Waals surface area contributed by atoms with Crippen molar-refractivity contribution >= 4 is 39.3 Å². The van der Waals surface area contributed by atoms with Gasteiger partial charge in [0.15, 0.2) is 0 Å². The number of amides is 1. The highest BCUT2D eigenvalue weighted by atomic mass is 16.2. The Morgan fingerprint density at radius 2 is 1.53 bits per heavy atom. The average Bonchev–Trinajstić information content (AvgIpc) is 3.18. The van der Waals surface area contributed by atoms with Gasteiger partial charge in [-0.25, -0.2) is 0 Å². The van der Waals surface area contributed by atoms with Crippen LogP contribution < -0.4 is 4.90 Å². The molecule has 1 aromatic heterocycles. The molecule has 154 valence electrons. The first-order valence-corrected chi connectivity index (χ1v) is 10.9. The second-order valence-corrected chi connectivity index (χ2v) is 8.27. The number of nitrogens with zero attached hydrogens (tertiary/aromatic N) is 1. The Balaban J connectivity index is 1.61. The van der Waals surface area contributed by atoms with E-state index in [-0.39, 0.29) is 11.9 Å². The van der Waals surface area contributed by atoms with Crippen LogP contribution >= 0.6 is 0 Å². The first-order valence-electron chi connectivity index (χ1n) is 10.9. The number of aryl methyl sites for hydroxylation is 1. The summed E-state index contributed by atoms with van der Waals surface area (Å²) in [4.78, 5) is 19.4. The fourth-order valence-electron chi connectivity index (χ4n) is 4.95. The van der Waals surface area contributed by atoms with Gasteiger partial charge in [-0.15, -0.1) is 0 Å². The van der Waals surface area contributed by atoms with E-state index >= 15 is 0 Å². The minimum absolute atomic E-state index is 0.00108. The molecule has 1 unspecified atom stereocenters. The van der Waals surface area contributed by atoms with Crippen LogP contribution in [-0.4, -0.2) is 10.9 Å². The number of para-hydroxylation sites is 1. The number of hydrogen-bond acceptors (Lipinski definition) is 1. The molecule has 0 bridgehead atoms. The fraction of sp³-hybridized carbons (Fsp3) is 0.0690. The van der Waals surface area contributed by atoms with Gasteiger partial charge in [0.05, 0.1) is 11.7 Å². The summed E-state index contributed by atoms with van der Waals surface area (Å²) in [5.74, 6) is 0.00108. The van der Waals surface area contributed by atoms with Crippen molar-refractivity contribution in [2.45, 2.75) is 13.0 Å². The van der Waals surface area contributed by atoms with E-state index in [2.05, 4.69) is 72.6 Å². The summed E-state index contributed by atoms with van der Waals surface area (Å²) in [6, 6.07) is 30.2. The van der Waals surface area contributed by atoms with Gasteiger partial charge in [-0.3, -0.25) is 9.69 Å². The minimum Gasteiger partial charge on any atom is -0.358 e. The van der Waals surface area contributed by atoms with Crippen LogP contribution in [0.3, 0.4) is 0 Å². The van der Waals surface area contributed by atoms with Crippen LogP contribution in [0.4, 0.5) is 5.69 Å². The van der Waals surface area contributed by atoms with Crippen LogP contribution in [0.5, 0.6) is 0 Å². The molecule has 0 radical (unpaired) electrons. The smallest absolute Gasteiger partial charge is 0.259 e. The molecular formula is C29H22N2O. The van der Waals surface area contributed by atoms with E-state index < -0.39 is 0 Å². The van der Waals surface area contributed by atoms with Crippen LogP contribution in [-0.2, 0) is 0 Å². The van der Waals surface area contributed by atoms with E-state index in [9.17, 15) is 4.79 Å². The Labute approximate surface area is 186 Å². The zero-order chi connectivity index (χ0) is 21.7. The molecule has 3 heteroatoms. The molecule has 1 atom stereocenters. The molecule has 0 saturated carbocycles. The maximum atomic E-state index is 13.9. The molecule has 0 saturated heterocycles. The Bertz CT molecular complexity index is 1510. The fourth-order valence-corrected chi connectivity index (χ4v) is 4.95. The Hall–Kier alpha value is -4.11. The van der Waals surface area contributed by atoms with Crippen molar-refractivity contribution in [1.82, 2.24) is 4.98 Å². The van der Waals surface area contributed by atoms with Crippen molar-refractivity contribution in [2.75, 3.05) is 4.90 Å². The van der Waals surface area contributed by atoms with Crippen LogP contribution in [0.2, 0.25) is 0 Å². The van der Waals surface area contributed by atoms with Crippen molar-refractivity contribution in [3.8, 4) is 0 Å². The summed E-state index contributed by atoms with van der Waals surface area (Å²) in [5, 5.41) is 3.47. The number of carbonyl (C=O) groups is 1. The SMILES string of the molecule is Cc1[nH]c2ccccc2c1C1C=Cc2c(ccc3ccccc23)N1C(=O)c1ccccc1. The standard InChI is InChI=1S/C29H22N2O/c1-19-28(24-13-7-8-14-25(24)30-19)27-18-16-23-22-12-6-5-9-20(22)15-17-26(23)31(27)29(32)21-10-3-2-4-11-21/h2-18,27,30H,1H3. The molecular weight excluding hydrogens is 392 g/mol. The summed E-state index contributed by atoms with van der Waals surface area (Å²) in [7, 11) is 0. The van der Waals surface area contributed by atoms with Gasteiger partial charge in [0.1, 0.15) is 0 Å². The Kier molecular flexibility index (Phi) is 4.22. The third-order valence-corrected chi connectivity index (χ3v) is 6.41. The Morgan fingerprint density at radius 3 is 2.38 bits per heavy atom. The molecule has 0 spiro atoms. The first kappa shape index (κ1) is 18.6. The maximum Gasteiger partial charge on any atom is 0.259 e. The highest BCUT2D eigenvalue weighted by Crippen LogP contribution is 2.43. The van der Waals surface area contributed by atoms with Crippen molar-refractivity contribution in [3.63, 3.8) is 0 Å². The second kappa shape index (κ2) is 7.24. The summed E-state index contributed by atoms with van der Waals surface area (Å²) in [6.07, 6.45) is 4.34. The molecule has 0 aliphatic carbocycles. The number of anilines is 1. The maximum absolute atomic E-state index is 13.9. The van der Waals surface area contributed by atoms with Crippen LogP contribution in [0.1, 0.15) is 33.2 Å². The monoisotopic (exact) mass is 414 g/mol. The molecule has 3 nitrogen and oxygen atoms in total. The number of aromatic nitrogens is 1. The number of rotatable bonds is 2. The van der Waals surface area contributed by atoms with E-state index in [1.807, 2.05) is 47.4 Å². The number of nitrogens with one attached hydrogen (secondary N) is 1. The largest absolute Gasteiger partial charge is 0.358 e. The molecule has 0 fully saturated rings. The number of H-pyrrole nitrogens is 1. The van der Waals surface area contributed by atoms with Gasteiger partial charge in [0.25, 0.3) is 5.91 Å². The molecule has 32 heavy (non-hydrogen) atoms. The van der Waals surface area contributed by atoms with E-state index in [4.69, 9.17) is 0 Å². The van der Waals surface area contributed by atoms with Crippen LogP contribution in [0, 0.1) is 6.92 Å². The number of fused-ring (bicyclic) bond motifs is 4. The van der Waals surface area contributed by atoms with Crippen molar-refractivity contribution in [1.29, 1.82) is 0 Å². The van der Waals surface area contributed by atoms with Crippen molar-refractivity contribution in [3.05, 3.63) is 119 Å². The minimum atomic E-state index is -0.201. The van der Waals surface area contributed by atoms with E-state index in [1.54, 1.807) is 0 Å². The van der Waals surface area contributed by atoms with E-state index in [0.29, 0.717) is 5.56 Å². The normalized spacial score (nSPS) is 15.3. The zero-order valence-corrected chi connectivity index (χ0v) is 17.7. The predicted octanol–water partition coefficient (Wildman–Crippen LogP) is 7.04. The van der Waals surface area contributed by atoms with Gasteiger partial charge < -0.3 is 4.98 Å².